The third-order valence-corrected chi connectivity index (χ3v) is 5.54. The van der Waals surface area contributed by atoms with Gasteiger partial charge in [0.1, 0.15) is 5.82 Å². The minimum absolute atomic E-state index is 0. The van der Waals surface area contributed by atoms with Crippen LogP contribution in [-0.4, -0.2) is 79.1 Å². The lowest BCUT2D eigenvalue weighted by molar-refractivity contribution is 0.0773. The van der Waals surface area contributed by atoms with Gasteiger partial charge in [-0.15, -0.1) is 24.8 Å². The number of aromatic nitrogens is 1. The summed E-state index contributed by atoms with van der Waals surface area (Å²) in [5, 5.41) is 3.39. The molecule has 3 saturated heterocycles. The van der Waals surface area contributed by atoms with E-state index < -0.39 is 0 Å². The monoisotopic (exact) mass is 401 g/mol. The quantitative estimate of drug-likeness (QED) is 0.833. The molecule has 1 aromatic rings. The van der Waals surface area contributed by atoms with E-state index in [2.05, 4.69) is 20.1 Å². The summed E-state index contributed by atoms with van der Waals surface area (Å²) < 4.78 is 0. The van der Waals surface area contributed by atoms with E-state index in [-0.39, 0.29) is 30.7 Å². The summed E-state index contributed by atoms with van der Waals surface area (Å²) in [4.78, 5) is 24.1. The second-order valence-electron chi connectivity index (χ2n) is 7.08. The molecule has 1 atom stereocenters. The van der Waals surface area contributed by atoms with Gasteiger partial charge in [0.2, 0.25) is 0 Å². The van der Waals surface area contributed by atoms with Crippen molar-refractivity contribution in [1.82, 2.24) is 20.1 Å². The Morgan fingerprint density at radius 2 is 1.77 bits per heavy atom. The SMILES string of the molecule is Cl.Cl.O=C(c1ccc(N2CCCC2)nc1)N1CCC(N2CCNCC2)C1. The van der Waals surface area contributed by atoms with Crippen LogP contribution < -0.4 is 10.2 Å². The van der Waals surface area contributed by atoms with E-state index in [4.69, 9.17) is 0 Å². The summed E-state index contributed by atoms with van der Waals surface area (Å²) in [6.07, 6.45) is 5.33. The molecule has 0 radical (unpaired) electrons. The predicted molar refractivity (Wildman–Crippen MR) is 109 cm³/mol. The largest absolute Gasteiger partial charge is 0.357 e. The molecule has 146 valence electrons. The molecule has 0 spiro atoms. The fourth-order valence-corrected chi connectivity index (χ4v) is 4.10. The van der Waals surface area contributed by atoms with Crippen LogP contribution in [0.1, 0.15) is 29.6 Å². The number of carbonyl (C=O) groups is 1. The first-order valence-corrected chi connectivity index (χ1v) is 9.26. The zero-order chi connectivity index (χ0) is 16.4. The van der Waals surface area contributed by atoms with E-state index in [0.29, 0.717) is 6.04 Å². The molecule has 1 amide bonds. The van der Waals surface area contributed by atoms with Gasteiger partial charge in [-0.25, -0.2) is 4.98 Å². The maximum Gasteiger partial charge on any atom is 0.255 e. The molecule has 3 aliphatic rings. The lowest BCUT2D eigenvalue weighted by Gasteiger charge is -2.32. The standard InChI is InChI=1S/C18H27N5O.2ClH/c24-18(15-3-4-17(20-13-15)22-8-1-2-9-22)23-10-5-16(14-23)21-11-6-19-7-12-21;;/h3-4,13,16,19H,1-2,5-12,14H2;2*1H. The Morgan fingerprint density at radius 3 is 2.42 bits per heavy atom. The van der Waals surface area contributed by atoms with E-state index in [9.17, 15) is 4.79 Å². The van der Waals surface area contributed by atoms with Crippen molar-refractivity contribution in [1.29, 1.82) is 0 Å². The van der Waals surface area contributed by atoms with Crippen molar-refractivity contribution in [3.8, 4) is 0 Å². The van der Waals surface area contributed by atoms with E-state index in [1.165, 1.54) is 12.8 Å². The lowest BCUT2D eigenvalue weighted by Crippen LogP contribution is -2.49. The summed E-state index contributed by atoms with van der Waals surface area (Å²) in [6.45, 7) is 8.20. The number of halogens is 2. The zero-order valence-electron chi connectivity index (χ0n) is 15.1. The first kappa shape index (κ1) is 21.2. The topological polar surface area (TPSA) is 51.7 Å². The Morgan fingerprint density at radius 1 is 1.04 bits per heavy atom. The molecular formula is C18H29Cl2N5O. The lowest BCUT2D eigenvalue weighted by atomic mass is 10.2. The fourth-order valence-electron chi connectivity index (χ4n) is 4.10. The zero-order valence-corrected chi connectivity index (χ0v) is 16.7. The van der Waals surface area contributed by atoms with Crippen molar-refractivity contribution >= 4 is 36.5 Å². The van der Waals surface area contributed by atoms with Crippen LogP contribution in [0.25, 0.3) is 0 Å². The molecule has 8 heteroatoms. The predicted octanol–water partition coefficient (Wildman–Crippen LogP) is 1.65. The molecule has 0 saturated carbocycles. The van der Waals surface area contributed by atoms with Crippen LogP contribution in [0.5, 0.6) is 0 Å². The van der Waals surface area contributed by atoms with Crippen LogP contribution >= 0.6 is 24.8 Å². The minimum Gasteiger partial charge on any atom is -0.357 e. The van der Waals surface area contributed by atoms with E-state index in [1.807, 2.05) is 17.0 Å². The minimum atomic E-state index is 0. The van der Waals surface area contributed by atoms with Crippen LogP contribution in [0, 0.1) is 0 Å². The maximum atomic E-state index is 12.7. The first-order valence-electron chi connectivity index (χ1n) is 9.26. The van der Waals surface area contributed by atoms with Crippen molar-refractivity contribution in [3.63, 3.8) is 0 Å². The van der Waals surface area contributed by atoms with Crippen LogP contribution in [0.2, 0.25) is 0 Å². The molecule has 4 rings (SSSR count). The number of likely N-dealkylation sites (tertiary alicyclic amines) is 1. The second kappa shape index (κ2) is 9.74. The van der Waals surface area contributed by atoms with Gasteiger partial charge in [0, 0.05) is 64.6 Å². The third-order valence-electron chi connectivity index (χ3n) is 5.54. The van der Waals surface area contributed by atoms with Crippen molar-refractivity contribution in [2.45, 2.75) is 25.3 Å². The number of piperazine rings is 1. The molecule has 6 nitrogen and oxygen atoms in total. The Kier molecular flexibility index (Phi) is 7.95. The van der Waals surface area contributed by atoms with Gasteiger partial charge in [0.15, 0.2) is 0 Å². The molecule has 0 aromatic carbocycles. The Balaban J connectivity index is 0.00000121. The van der Waals surface area contributed by atoms with Crippen LogP contribution in [0.4, 0.5) is 5.82 Å². The molecule has 1 aromatic heterocycles. The van der Waals surface area contributed by atoms with E-state index in [0.717, 1.165) is 70.2 Å². The van der Waals surface area contributed by atoms with Gasteiger partial charge in [0.25, 0.3) is 5.91 Å². The summed E-state index contributed by atoms with van der Waals surface area (Å²) >= 11 is 0. The highest BCUT2D eigenvalue weighted by molar-refractivity contribution is 5.94. The van der Waals surface area contributed by atoms with Crippen molar-refractivity contribution < 1.29 is 4.79 Å². The van der Waals surface area contributed by atoms with E-state index >= 15 is 0 Å². The van der Waals surface area contributed by atoms with Crippen molar-refractivity contribution in [2.75, 3.05) is 57.3 Å². The highest BCUT2D eigenvalue weighted by Gasteiger charge is 2.31. The molecule has 26 heavy (non-hydrogen) atoms. The number of hydrogen-bond donors (Lipinski definition) is 1. The summed E-state index contributed by atoms with van der Waals surface area (Å²) in [7, 11) is 0. The Bertz CT molecular complexity index is 573. The molecule has 3 fully saturated rings. The number of carbonyl (C=O) groups excluding carboxylic acids is 1. The number of pyridine rings is 1. The average molecular weight is 402 g/mol. The maximum absolute atomic E-state index is 12.7. The summed E-state index contributed by atoms with van der Waals surface area (Å²) in [5.41, 5.74) is 0.721. The number of amides is 1. The van der Waals surface area contributed by atoms with Crippen LogP contribution in [-0.2, 0) is 0 Å². The third kappa shape index (κ3) is 4.60. The molecule has 0 aliphatic carbocycles. The molecule has 1 N–H and O–H groups in total. The highest BCUT2D eigenvalue weighted by Crippen LogP contribution is 2.21. The van der Waals surface area contributed by atoms with Gasteiger partial charge in [0.05, 0.1) is 5.56 Å². The first-order chi connectivity index (χ1) is 11.8. The van der Waals surface area contributed by atoms with Gasteiger partial charge < -0.3 is 15.1 Å². The highest BCUT2D eigenvalue weighted by atomic mass is 35.5. The molecular weight excluding hydrogens is 373 g/mol. The van der Waals surface area contributed by atoms with Gasteiger partial charge in [-0.05, 0) is 31.4 Å². The summed E-state index contributed by atoms with van der Waals surface area (Å²) in [6, 6.07) is 4.47. The summed E-state index contributed by atoms with van der Waals surface area (Å²) in [5.74, 6) is 1.14. The molecule has 4 heterocycles. The average Bonchev–Trinajstić information content (AvgIpc) is 3.34. The second-order valence-corrected chi connectivity index (χ2v) is 7.08. The number of nitrogens with one attached hydrogen (secondary N) is 1. The normalized spacial score (nSPS) is 23.5. The van der Waals surface area contributed by atoms with Gasteiger partial charge in [-0.3, -0.25) is 9.69 Å². The molecule has 1 unspecified atom stereocenters. The van der Waals surface area contributed by atoms with Gasteiger partial charge >= 0.3 is 0 Å². The number of nitrogens with zero attached hydrogens (tertiary/aromatic N) is 4. The number of rotatable bonds is 3. The Labute approximate surface area is 168 Å². The smallest absolute Gasteiger partial charge is 0.255 e. The van der Waals surface area contributed by atoms with Crippen LogP contribution in [0.15, 0.2) is 18.3 Å². The van der Waals surface area contributed by atoms with Crippen molar-refractivity contribution in [3.05, 3.63) is 23.9 Å². The van der Waals surface area contributed by atoms with Crippen LogP contribution in [0.3, 0.4) is 0 Å². The molecule has 3 aliphatic heterocycles. The number of anilines is 1. The fraction of sp³-hybridized carbons (Fsp3) is 0.667. The van der Waals surface area contributed by atoms with Gasteiger partial charge in [-0.1, -0.05) is 0 Å². The van der Waals surface area contributed by atoms with Gasteiger partial charge in [-0.2, -0.15) is 0 Å². The Hall–Kier alpha value is -1.08. The van der Waals surface area contributed by atoms with E-state index in [1.54, 1.807) is 6.20 Å². The number of hydrogen-bond acceptors (Lipinski definition) is 5. The molecule has 0 bridgehead atoms. The van der Waals surface area contributed by atoms with Crippen molar-refractivity contribution in [2.24, 2.45) is 0 Å².